The van der Waals surface area contributed by atoms with Crippen molar-refractivity contribution in [2.75, 3.05) is 27.3 Å². The molecular formula is C18H19NO6S. The van der Waals surface area contributed by atoms with Crippen LogP contribution in [-0.4, -0.2) is 52.1 Å². The monoisotopic (exact) mass is 377 g/mol. The Morgan fingerprint density at radius 2 is 1.81 bits per heavy atom. The molecule has 0 saturated heterocycles. The molecule has 0 radical (unpaired) electrons. The average molecular weight is 377 g/mol. The number of para-hydroxylation sites is 2. The first-order valence-electron chi connectivity index (χ1n) is 7.95. The standard InChI is InChI=1S/C18H19NO6S/c1-19(11-13-12-24-15-8-4-5-9-16(15)25-13)26(21,22)17-10-6-3-7-14(17)18(20)23-2/h3-10,13H,11-12H2,1-2H3/t13-/m0/s1. The van der Waals surface area contributed by atoms with Gasteiger partial charge in [0.25, 0.3) is 0 Å². The highest BCUT2D eigenvalue weighted by Crippen LogP contribution is 2.31. The van der Waals surface area contributed by atoms with Crippen LogP contribution in [0.4, 0.5) is 0 Å². The minimum Gasteiger partial charge on any atom is -0.486 e. The van der Waals surface area contributed by atoms with E-state index in [0.717, 1.165) is 4.31 Å². The van der Waals surface area contributed by atoms with Crippen molar-refractivity contribution >= 4 is 16.0 Å². The molecule has 0 N–H and O–H groups in total. The Morgan fingerprint density at radius 1 is 1.15 bits per heavy atom. The van der Waals surface area contributed by atoms with E-state index in [1.807, 2.05) is 12.1 Å². The largest absolute Gasteiger partial charge is 0.486 e. The van der Waals surface area contributed by atoms with Gasteiger partial charge in [0.1, 0.15) is 12.7 Å². The number of likely N-dealkylation sites (N-methyl/N-ethyl adjacent to an activating group) is 1. The fourth-order valence-corrected chi connectivity index (χ4v) is 4.05. The van der Waals surface area contributed by atoms with Crippen LogP contribution in [0.3, 0.4) is 0 Å². The van der Waals surface area contributed by atoms with Crippen LogP contribution >= 0.6 is 0 Å². The molecule has 0 fully saturated rings. The zero-order valence-electron chi connectivity index (χ0n) is 14.4. The maximum Gasteiger partial charge on any atom is 0.339 e. The third kappa shape index (κ3) is 3.51. The highest BCUT2D eigenvalue weighted by atomic mass is 32.2. The maximum absolute atomic E-state index is 12.9. The zero-order valence-corrected chi connectivity index (χ0v) is 15.2. The average Bonchev–Trinajstić information content (AvgIpc) is 2.67. The molecule has 8 heteroatoms. The third-order valence-electron chi connectivity index (χ3n) is 4.01. The second kappa shape index (κ2) is 7.35. The summed E-state index contributed by atoms with van der Waals surface area (Å²) in [5.41, 5.74) is -0.00647. The predicted molar refractivity (Wildman–Crippen MR) is 94.0 cm³/mol. The quantitative estimate of drug-likeness (QED) is 0.741. The van der Waals surface area contributed by atoms with Crippen molar-refractivity contribution < 1.29 is 27.4 Å². The summed E-state index contributed by atoms with van der Waals surface area (Å²) in [6, 6.07) is 13.2. The second-order valence-corrected chi connectivity index (χ2v) is 7.78. The molecule has 0 amide bonds. The van der Waals surface area contributed by atoms with Crippen LogP contribution in [0, 0.1) is 0 Å². The van der Waals surface area contributed by atoms with E-state index in [2.05, 4.69) is 4.74 Å². The molecule has 2 aromatic rings. The minimum absolute atomic E-state index is 0.00647. The number of nitrogens with zero attached hydrogens (tertiary/aromatic N) is 1. The molecule has 2 aromatic carbocycles. The van der Waals surface area contributed by atoms with Gasteiger partial charge in [-0.25, -0.2) is 13.2 Å². The molecule has 1 heterocycles. The van der Waals surface area contributed by atoms with Crippen LogP contribution in [0.1, 0.15) is 10.4 Å². The van der Waals surface area contributed by atoms with Gasteiger partial charge in [-0.3, -0.25) is 0 Å². The van der Waals surface area contributed by atoms with Crippen LogP contribution in [0.25, 0.3) is 0 Å². The SMILES string of the molecule is COC(=O)c1ccccc1S(=O)(=O)N(C)C[C@H]1COc2ccccc2O1. The van der Waals surface area contributed by atoms with E-state index in [-0.39, 0.29) is 23.6 Å². The smallest absolute Gasteiger partial charge is 0.339 e. The number of fused-ring (bicyclic) bond motifs is 1. The van der Waals surface area contributed by atoms with E-state index in [4.69, 9.17) is 9.47 Å². The summed E-state index contributed by atoms with van der Waals surface area (Å²) in [5, 5.41) is 0. The van der Waals surface area contributed by atoms with Crippen LogP contribution in [0.5, 0.6) is 11.5 Å². The number of ether oxygens (including phenoxy) is 3. The van der Waals surface area contributed by atoms with Gasteiger partial charge in [0, 0.05) is 7.05 Å². The molecular weight excluding hydrogens is 358 g/mol. The Balaban J connectivity index is 1.80. The number of hydrogen-bond donors (Lipinski definition) is 0. The molecule has 0 spiro atoms. The van der Waals surface area contributed by atoms with Crippen molar-refractivity contribution in [2.24, 2.45) is 0 Å². The Bertz CT molecular complexity index is 911. The van der Waals surface area contributed by atoms with Gasteiger partial charge >= 0.3 is 5.97 Å². The Labute approximate surface area is 152 Å². The van der Waals surface area contributed by atoms with Crippen molar-refractivity contribution in [1.82, 2.24) is 4.31 Å². The molecule has 138 valence electrons. The molecule has 3 rings (SSSR count). The topological polar surface area (TPSA) is 82.1 Å². The summed E-state index contributed by atoms with van der Waals surface area (Å²) in [7, 11) is -1.26. The number of esters is 1. The van der Waals surface area contributed by atoms with Crippen molar-refractivity contribution in [3.63, 3.8) is 0 Å². The van der Waals surface area contributed by atoms with Crippen LogP contribution in [0.15, 0.2) is 53.4 Å². The number of sulfonamides is 1. The van der Waals surface area contributed by atoms with Crippen LogP contribution in [-0.2, 0) is 14.8 Å². The first-order valence-corrected chi connectivity index (χ1v) is 9.39. The van der Waals surface area contributed by atoms with E-state index in [1.165, 1.54) is 26.3 Å². The predicted octanol–water partition coefficient (Wildman–Crippen LogP) is 1.93. The molecule has 1 aliphatic heterocycles. The first kappa shape index (κ1) is 18.2. The molecule has 7 nitrogen and oxygen atoms in total. The normalized spacial score (nSPS) is 16.3. The summed E-state index contributed by atoms with van der Waals surface area (Å²) in [6.07, 6.45) is -0.463. The van der Waals surface area contributed by atoms with Crippen molar-refractivity contribution in [3.05, 3.63) is 54.1 Å². The number of rotatable bonds is 5. The van der Waals surface area contributed by atoms with Gasteiger partial charge in [0.15, 0.2) is 11.5 Å². The molecule has 0 saturated carbocycles. The molecule has 0 aliphatic carbocycles. The Hall–Kier alpha value is -2.58. The van der Waals surface area contributed by atoms with Gasteiger partial charge in [-0.1, -0.05) is 24.3 Å². The maximum atomic E-state index is 12.9. The fraction of sp³-hybridized carbons (Fsp3) is 0.278. The summed E-state index contributed by atoms with van der Waals surface area (Å²) >= 11 is 0. The van der Waals surface area contributed by atoms with Gasteiger partial charge in [-0.2, -0.15) is 4.31 Å². The number of benzene rings is 2. The van der Waals surface area contributed by atoms with E-state index in [1.54, 1.807) is 24.3 Å². The van der Waals surface area contributed by atoms with Crippen molar-refractivity contribution in [3.8, 4) is 11.5 Å². The van der Waals surface area contributed by atoms with E-state index < -0.39 is 22.1 Å². The number of carbonyl (C=O) groups excluding carboxylic acids is 1. The lowest BCUT2D eigenvalue weighted by Gasteiger charge is -2.29. The summed E-state index contributed by atoms with van der Waals surface area (Å²) in [4.78, 5) is 11.8. The molecule has 0 bridgehead atoms. The first-order chi connectivity index (χ1) is 12.4. The molecule has 0 unspecified atom stereocenters. The van der Waals surface area contributed by atoms with Gasteiger partial charge in [-0.15, -0.1) is 0 Å². The van der Waals surface area contributed by atoms with E-state index in [0.29, 0.717) is 11.5 Å². The van der Waals surface area contributed by atoms with Crippen LogP contribution in [0.2, 0.25) is 0 Å². The highest BCUT2D eigenvalue weighted by molar-refractivity contribution is 7.89. The molecule has 1 atom stereocenters. The number of methoxy groups -OCH3 is 1. The third-order valence-corrected chi connectivity index (χ3v) is 5.89. The summed E-state index contributed by atoms with van der Waals surface area (Å²) < 4.78 is 43.1. The summed E-state index contributed by atoms with van der Waals surface area (Å²) in [6.45, 7) is 0.307. The lowest BCUT2D eigenvalue weighted by Crippen LogP contribution is -2.42. The number of carbonyl (C=O) groups is 1. The lowest BCUT2D eigenvalue weighted by atomic mass is 10.2. The van der Waals surface area contributed by atoms with Crippen molar-refractivity contribution in [2.45, 2.75) is 11.0 Å². The van der Waals surface area contributed by atoms with Gasteiger partial charge < -0.3 is 14.2 Å². The van der Waals surface area contributed by atoms with Crippen molar-refractivity contribution in [1.29, 1.82) is 0 Å². The summed E-state index contributed by atoms with van der Waals surface area (Å²) in [5.74, 6) is 0.499. The molecule has 0 aromatic heterocycles. The fourth-order valence-electron chi connectivity index (χ4n) is 2.68. The Morgan fingerprint density at radius 3 is 2.54 bits per heavy atom. The number of hydrogen-bond acceptors (Lipinski definition) is 6. The lowest BCUT2D eigenvalue weighted by molar-refractivity contribution is 0.0596. The van der Waals surface area contributed by atoms with E-state index >= 15 is 0 Å². The zero-order chi connectivity index (χ0) is 18.7. The highest BCUT2D eigenvalue weighted by Gasteiger charge is 2.30. The minimum atomic E-state index is -3.90. The second-order valence-electron chi connectivity index (χ2n) is 5.77. The van der Waals surface area contributed by atoms with Gasteiger partial charge in [0.05, 0.1) is 24.1 Å². The van der Waals surface area contributed by atoms with Crippen LogP contribution < -0.4 is 9.47 Å². The van der Waals surface area contributed by atoms with E-state index in [9.17, 15) is 13.2 Å². The van der Waals surface area contributed by atoms with Gasteiger partial charge in [-0.05, 0) is 24.3 Å². The molecule has 1 aliphatic rings. The molecule has 26 heavy (non-hydrogen) atoms. The Kier molecular flexibility index (Phi) is 5.15. The van der Waals surface area contributed by atoms with Gasteiger partial charge in [0.2, 0.25) is 10.0 Å².